The Morgan fingerprint density at radius 3 is 2.41 bits per heavy atom. The molecule has 1 aliphatic carbocycles. The molecule has 5 nitrogen and oxygen atoms in total. The first kappa shape index (κ1) is 14.0. The van der Waals surface area contributed by atoms with Crippen LogP contribution in [0.15, 0.2) is 0 Å². The Balaban J connectivity index is 2.65. The lowest BCUT2D eigenvalue weighted by Crippen LogP contribution is -2.44. The van der Waals surface area contributed by atoms with Gasteiger partial charge in [-0.1, -0.05) is 13.8 Å². The maximum absolute atomic E-state index is 12.2. The fourth-order valence-electron chi connectivity index (χ4n) is 1.81. The van der Waals surface area contributed by atoms with Gasteiger partial charge in [-0.25, -0.2) is 0 Å². The molecule has 0 aliphatic heterocycles. The molecule has 1 amide bonds. The lowest BCUT2D eigenvalue weighted by Gasteiger charge is -2.27. The summed E-state index contributed by atoms with van der Waals surface area (Å²) in [6.45, 7) is 3.79. The van der Waals surface area contributed by atoms with E-state index in [0.29, 0.717) is 6.42 Å². The van der Waals surface area contributed by atoms with Crippen molar-refractivity contribution in [2.45, 2.75) is 45.3 Å². The van der Waals surface area contributed by atoms with E-state index in [4.69, 9.17) is 9.84 Å². The van der Waals surface area contributed by atoms with E-state index < -0.39 is 18.0 Å². The van der Waals surface area contributed by atoms with Crippen molar-refractivity contribution in [3.63, 3.8) is 0 Å². The maximum atomic E-state index is 12.2. The summed E-state index contributed by atoms with van der Waals surface area (Å²) in [6, 6.07) is 0.216. The third-order valence-corrected chi connectivity index (χ3v) is 3.09. The second-order valence-corrected chi connectivity index (χ2v) is 4.59. The zero-order valence-corrected chi connectivity index (χ0v) is 10.7. The summed E-state index contributed by atoms with van der Waals surface area (Å²) >= 11 is 0. The maximum Gasteiger partial charge on any atom is 0.308 e. The van der Waals surface area contributed by atoms with Gasteiger partial charge in [0.05, 0.1) is 5.92 Å². The van der Waals surface area contributed by atoms with Crippen LogP contribution in [0.4, 0.5) is 0 Å². The zero-order valence-electron chi connectivity index (χ0n) is 10.7. The molecule has 1 rings (SSSR count). The molecule has 5 heteroatoms. The second-order valence-electron chi connectivity index (χ2n) is 4.59. The molecule has 0 saturated heterocycles. The van der Waals surface area contributed by atoms with Crippen molar-refractivity contribution < 1.29 is 19.4 Å². The highest BCUT2D eigenvalue weighted by Gasteiger charge is 2.36. The number of carbonyl (C=O) groups excluding carboxylic acids is 1. The van der Waals surface area contributed by atoms with Gasteiger partial charge in [0.25, 0.3) is 5.91 Å². The molecule has 0 aromatic carbocycles. The van der Waals surface area contributed by atoms with Gasteiger partial charge in [-0.2, -0.15) is 0 Å². The molecule has 0 aromatic rings. The van der Waals surface area contributed by atoms with Crippen LogP contribution in [0.2, 0.25) is 0 Å². The normalized spacial score (nSPS) is 18.5. The van der Waals surface area contributed by atoms with Gasteiger partial charge in [0.2, 0.25) is 0 Å². The van der Waals surface area contributed by atoms with Crippen LogP contribution < -0.4 is 0 Å². The Bertz CT molecular complexity index is 284. The van der Waals surface area contributed by atoms with Crippen LogP contribution in [0.1, 0.15) is 33.1 Å². The highest BCUT2D eigenvalue weighted by atomic mass is 16.5. The number of carboxylic acids is 1. The van der Waals surface area contributed by atoms with E-state index in [-0.39, 0.29) is 18.5 Å². The molecule has 0 bridgehead atoms. The van der Waals surface area contributed by atoms with Gasteiger partial charge < -0.3 is 14.7 Å². The Morgan fingerprint density at radius 1 is 1.47 bits per heavy atom. The molecule has 0 spiro atoms. The summed E-state index contributed by atoms with van der Waals surface area (Å²) in [7, 11) is 1.51. The molecule has 98 valence electrons. The first-order valence-corrected chi connectivity index (χ1v) is 6.07. The molecule has 0 heterocycles. The van der Waals surface area contributed by atoms with Gasteiger partial charge in [0, 0.05) is 19.7 Å². The molecule has 2 atom stereocenters. The molecule has 1 aliphatic rings. The first-order valence-electron chi connectivity index (χ1n) is 6.07. The van der Waals surface area contributed by atoms with E-state index in [2.05, 4.69) is 0 Å². The molecule has 1 N–H and O–H groups in total. The van der Waals surface area contributed by atoms with Crippen molar-refractivity contribution in [1.29, 1.82) is 0 Å². The van der Waals surface area contributed by atoms with E-state index in [1.165, 1.54) is 7.11 Å². The van der Waals surface area contributed by atoms with Crippen molar-refractivity contribution in [2.75, 3.05) is 13.7 Å². The Morgan fingerprint density at radius 2 is 2.06 bits per heavy atom. The summed E-state index contributed by atoms with van der Waals surface area (Å²) in [5.41, 5.74) is 0. The molecule has 1 fully saturated rings. The summed E-state index contributed by atoms with van der Waals surface area (Å²) in [5.74, 6) is -1.48. The Kier molecular flexibility index (Phi) is 4.93. The summed E-state index contributed by atoms with van der Waals surface area (Å²) in [6.07, 6.45) is 2.10. The van der Waals surface area contributed by atoms with Crippen molar-refractivity contribution in [1.82, 2.24) is 4.90 Å². The molecule has 17 heavy (non-hydrogen) atoms. The molecule has 1 saturated carbocycles. The van der Waals surface area contributed by atoms with Gasteiger partial charge in [0.1, 0.15) is 6.10 Å². The number of amides is 1. The summed E-state index contributed by atoms with van der Waals surface area (Å²) in [4.78, 5) is 24.7. The van der Waals surface area contributed by atoms with Crippen LogP contribution in [0, 0.1) is 5.92 Å². The molecule has 0 aromatic heterocycles. The van der Waals surface area contributed by atoms with Crippen LogP contribution >= 0.6 is 0 Å². The van der Waals surface area contributed by atoms with E-state index in [0.717, 1.165) is 12.8 Å². The van der Waals surface area contributed by atoms with E-state index in [1.807, 2.05) is 6.92 Å². The third kappa shape index (κ3) is 3.70. The largest absolute Gasteiger partial charge is 0.481 e. The van der Waals surface area contributed by atoms with Crippen molar-refractivity contribution in [3.05, 3.63) is 0 Å². The number of methoxy groups -OCH3 is 1. The van der Waals surface area contributed by atoms with Crippen LogP contribution in [0.3, 0.4) is 0 Å². The standard InChI is InChI=1S/C12H21NO4/c1-4-10(17-3)11(14)13(9-5-6-9)7-8(2)12(15)16/h8-10H,4-7H2,1-3H3,(H,15,16). The predicted molar refractivity (Wildman–Crippen MR) is 62.6 cm³/mol. The Hall–Kier alpha value is -1.10. The number of aliphatic carboxylic acids is 1. The van der Waals surface area contributed by atoms with Gasteiger partial charge >= 0.3 is 5.97 Å². The highest BCUT2D eigenvalue weighted by Crippen LogP contribution is 2.28. The van der Waals surface area contributed by atoms with Gasteiger partial charge in [-0.05, 0) is 19.3 Å². The topological polar surface area (TPSA) is 66.8 Å². The minimum atomic E-state index is -0.867. The number of carboxylic acid groups (broad SMARTS) is 1. The molecule has 2 unspecified atom stereocenters. The van der Waals surface area contributed by atoms with Crippen LogP contribution in [0.25, 0.3) is 0 Å². The zero-order chi connectivity index (χ0) is 13.0. The molecular formula is C12H21NO4. The quantitative estimate of drug-likeness (QED) is 0.727. The number of hydrogen-bond acceptors (Lipinski definition) is 3. The Labute approximate surface area is 102 Å². The smallest absolute Gasteiger partial charge is 0.308 e. The summed E-state index contributed by atoms with van der Waals surface area (Å²) in [5, 5.41) is 8.90. The number of nitrogens with zero attached hydrogens (tertiary/aromatic N) is 1. The minimum absolute atomic E-state index is 0.0781. The predicted octanol–water partition coefficient (Wildman–Crippen LogP) is 1.12. The SMILES string of the molecule is CCC(OC)C(=O)N(CC(C)C(=O)O)C1CC1. The van der Waals surface area contributed by atoms with Crippen LogP contribution in [0.5, 0.6) is 0 Å². The number of hydrogen-bond donors (Lipinski definition) is 1. The van der Waals surface area contributed by atoms with E-state index >= 15 is 0 Å². The average molecular weight is 243 g/mol. The highest BCUT2D eigenvalue weighted by molar-refractivity contribution is 5.82. The second kappa shape index (κ2) is 6.00. The van der Waals surface area contributed by atoms with Gasteiger partial charge in [0.15, 0.2) is 0 Å². The fourth-order valence-corrected chi connectivity index (χ4v) is 1.81. The number of carbonyl (C=O) groups is 2. The molecular weight excluding hydrogens is 222 g/mol. The fraction of sp³-hybridized carbons (Fsp3) is 0.833. The monoisotopic (exact) mass is 243 g/mol. The lowest BCUT2D eigenvalue weighted by atomic mass is 10.1. The molecule has 0 radical (unpaired) electrons. The average Bonchev–Trinajstić information content (AvgIpc) is 3.10. The van der Waals surface area contributed by atoms with Crippen molar-refractivity contribution in [3.8, 4) is 0 Å². The van der Waals surface area contributed by atoms with E-state index in [9.17, 15) is 9.59 Å². The van der Waals surface area contributed by atoms with Crippen LogP contribution in [-0.2, 0) is 14.3 Å². The summed E-state index contributed by atoms with van der Waals surface area (Å²) < 4.78 is 5.12. The lowest BCUT2D eigenvalue weighted by molar-refractivity contribution is -0.147. The van der Waals surface area contributed by atoms with Crippen molar-refractivity contribution >= 4 is 11.9 Å². The van der Waals surface area contributed by atoms with Crippen molar-refractivity contribution in [2.24, 2.45) is 5.92 Å². The van der Waals surface area contributed by atoms with Gasteiger partial charge in [-0.3, -0.25) is 9.59 Å². The third-order valence-electron chi connectivity index (χ3n) is 3.09. The van der Waals surface area contributed by atoms with Gasteiger partial charge in [-0.15, -0.1) is 0 Å². The van der Waals surface area contributed by atoms with E-state index in [1.54, 1.807) is 11.8 Å². The first-order chi connectivity index (χ1) is 8.01. The minimum Gasteiger partial charge on any atom is -0.481 e. The van der Waals surface area contributed by atoms with Crippen LogP contribution in [-0.4, -0.2) is 47.7 Å². The number of ether oxygens (including phenoxy) is 1. The number of rotatable bonds is 7.